The second-order valence-electron chi connectivity index (χ2n) is 6.80. The maximum atomic E-state index is 2.45. The molecule has 116 valence electrons. The highest BCUT2D eigenvalue weighted by molar-refractivity contribution is 5.98. The highest BCUT2D eigenvalue weighted by atomic mass is 15.0. The molecule has 1 aromatic heterocycles. The lowest BCUT2D eigenvalue weighted by Gasteiger charge is -2.13. The average Bonchev–Trinajstić information content (AvgIpc) is 3.10. The summed E-state index contributed by atoms with van der Waals surface area (Å²) in [6.07, 6.45) is 1.03. The van der Waals surface area contributed by atoms with Gasteiger partial charge in [0.2, 0.25) is 0 Å². The fourth-order valence-electron chi connectivity index (χ4n) is 4.16. The van der Waals surface area contributed by atoms with E-state index in [-0.39, 0.29) is 0 Å². The highest BCUT2D eigenvalue weighted by Crippen LogP contribution is 2.45. The van der Waals surface area contributed by atoms with E-state index in [9.17, 15) is 0 Å². The number of para-hydroxylation sites is 1. The lowest BCUT2D eigenvalue weighted by Crippen LogP contribution is -1.97. The first-order valence-electron chi connectivity index (χ1n) is 8.52. The molecule has 0 unspecified atom stereocenters. The van der Waals surface area contributed by atoms with Crippen LogP contribution < -0.4 is 0 Å². The number of hydrogen-bond acceptors (Lipinski definition) is 0. The number of aromatic nitrogens is 1. The Balaban J connectivity index is 1.97. The first-order valence-corrected chi connectivity index (χ1v) is 8.52. The van der Waals surface area contributed by atoms with Crippen LogP contribution in [0.3, 0.4) is 0 Å². The van der Waals surface area contributed by atoms with Gasteiger partial charge in [-0.1, -0.05) is 48.5 Å². The zero-order valence-electron chi connectivity index (χ0n) is 14.0. The zero-order chi connectivity index (χ0) is 16.3. The Bertz CT molecular complexity index is 1080. The number of aryl methyl sites for hydroxylation is 2. The summed E-state index contributed by atoms with van der Waals surface area (Å²) in [5.41, 5.74) is 11.0. The highest BCUT2D eigenvalue weighted by Gasteiger charge is 2.28. The molecule has 1 heterocycles. The van der Waals surface area contributed by atoms with Crippen molar-refractivity contribution < 1.29 is 0 Å². The van der Waals surface area contributed by atoms with Crippen molar-refractivity contribution in [3.8, 4) is 16.9 Å². The number of nitrogens with zero attached hydrogens (tertiary/aromatic N) is 1. The van der Waals surface area contributed by atoms with E-state index in [4.69, 9.17) is 0 Å². The Morgan fingerprint density at radius 2 is 1.67 bits per heavy atom. The van der Waals surface area contributed by atoms with Crippen LogP contribution in [-0.4, -0.2) is 4.57 Å². The standard InChI is InChI=1S/C23H19N/c1-15-11-12-19-20-14-17-8-6-7-16(2)22(17)23(20)24(21(19)13-15)18-9-4-3-5-10-18/h3-13H,14H2,1-2H3. The predicted octanol–water partition coefficient (Wildman–Crippen LogP) is 5.82. The maximum Gasteiger partial charge on any atom is 0.0581 e. The molecule has 1 aliphatic rings. The van der Waals surface area contributed by atoms with E-state index in [1.165, 1.54) is 50.1 Å². The molecule has 0 atom stereocenters. The van der Waals surface area contributed by atoms with Crippen LogP contribution in [-0.2, 0) is 6.42 Å². The summed E-state index contributed by atoms with van der Waals surface area (Å²) in [5, 5.41) is 1.38. The van der Waals surface area contributed by atoms with E-state index >= 15 is 0 Å². The third kappa shape index (κ3) is 1.75. The van der Waals surface area contributed by atoms with E-state index in [1.54, 1.807) is 0 Å². The molecule has 0 amide bonds. The molecule has 0 spiro atoms. The van der Waals surface area contributed by atoms with Crippen LogP contribution in [0.4, 0.5) is 0 Å². The van der Waals surface area contributed by atoms with Crippen LogP contribution >= 0.6 is 0 Å². The van der Waals surface area contributed by atoms with E-state index in [2.05, 4.69) is 85.1 Å². The molecule has 3 aromatic carbocycles. The van der Waals surface area contributed by atoms with Gasteiger partial charge >= 0.3 is 0 Å². The lowest BCUT2D eigenvalue weighted by atomic mass is 10.0. The Labute approximate surface area is 142 Å². The van der Waals surface area contributed by atoms with Gasteiger partial charge in [-0.3, -0.25) is 0 Å². The summed E-state index contributed by atoms with van der Waals surface area (Å²) in [6.45, 7) is 4.40. The first-order chi connectivity index (χ1) is 11.7. The van der Waals surface area contributed by atoms with E-state index in [0.29, 0.717) is 0 Å². The molecular formula is C23H19N. The second kappa shape index (κ2) is 4.85. The van der Waals surface area contributed by atoms with Crippen molar-refractivity contribution in [3.63, 3.8) is 0 Å². The van der Waals surface area contributed by atoms with Gasteiger partial charge < -0.3 is 4.57 Å². The van der Waals surface area contributed by atoms with Gasteiger partial charge in [-0.05, 0) is 54.3 Å². The minimum Gasteiger partial charge on any atom is -0.309 e. The van der Waals surface area contributed by atoms with Gasteiger partial charge in [-0.15, -0.1) is 0 Å². The maximum absolute atomic E-state index is 2.45. The molecule has 0 saturated heterocycles. The third-order valence-corrected chi connectivity index (χ3v) is 5.21. The molecule has 1 heteroatoms. The molecular weight excluding hydrogens is 290 g/mol. The van der Waals surface area contributed by atoms with Gasteiger partial charge in [-0.2, -0.15) is 0 Å². The van der Waals surface area contributed by atoms with E-state index in [0.717, 1.165) is 6.42 Å². The molecule has 1 nitrogen and oxygen atoms in total. The van der Waals surface area contributed by atoms with Crippen molar-refractivity contribution in [2.45, 2.75) is 20.3 Å². The Morgan fingerprint density at radius 3 is 2.50 bits per heavy atom. The fourth-order valence-corrected chi connectivity index (χ4v) is 4.16. The predicted molar refractivity (Wildman–Crippen MR) is 101 cm³/mol. The topological polar surface area (TPSA) is 4.93 Å². The summed E-state index contributed by atoms with van der Waals surface area (Å²) in [7, 11) is 0. The molecule has 0 bridgehead atoms. The molecule has 1 aliphatic carbocycles. The summed E-state index contributed by atoms with van der Waals surface area (Å²) in [6, 6.07) is 24.3. The van der Waals surface area contributed by atoms with Crippen molar-refractivity contribution >= 4 is 10.9 Å². The minimum absolute atomic E-state index is 1.03. The molecule has 0 fully saturated rings. The summed E-state index contributed by atoms with van der Waals surface area (Å²) >= 11 is 0. The smallest absolute Gasteiger partial charge is 0.0581 e. The lowest BCUT2D eigenvalue weighted by molar-refractivity contribution is 1.13. The monoisotopic (exact) mass is 309 g/mol. The average molecular weight is 309 g/mol. The number of benzene rings is 3. The Hall–Kier alpha value is -2.80. The summed E-state index contributed by atoms with van der Waals surface area (Å²) in [5.74, 6) is 0. The fraction of sp³-hybridized carbons (Fsp3) is 0.130. The van der Waals surface area contributed by atoms with E-state index in [1.807, 2.05) is 0 Å². The van der Waals surface area contributed by atoms with Gasteiger partial charge in [0.25, 0.3) is 0 Å². The van der Waals surface area contributed by atoms with Crippen LogP contribution in [0.1, 0.15) is 22.3 Å². The molecule has 0 radical (unpaired) electrons. The van der Waals surface area contributed by atoms with Crippen molar-refractivity contribution in [3.05, 3.63) is 89.0 Å². The quantitative estimate of drug-likeness (QED) is 0.368. The van der Waals surface area contributed by atoms with Crippen molar-refractivity contribution in [2.75, 3.05) is 0 Å². The van der Waals surface area contributed by atoms with Crippen molar-refractivity contribution in [2.24, 2.45) is 0 Å². The van der Waals surface area contributed by atoms with Gasteiger partial charge in [-0.25, -0.2) is 0 Å². The summed E-state index contributed by atoms with van der Waals surface area (Å²) < 4.78 is 2.45. The summed E-state index contributed by atoms with van der Waals surface area (Å²) in [4.78, 5) is 0. The minimum atomic E-state index is 1.03. The molecule has 0 aliphatic heterocycles. The van der Waals surface area contributed by atoms with Crippen molar-refractivity contribution in [1.29, 1.82) is 0 Å². The van der Waals surface area contributed by atoms with Crippen molar-refractivity contribution in [1.82, 2.24) is 4.57 Å². The van der Waals surface area contributed by atoms with Crippen LogP contribution in [0.2, 0.25) is 0 Å². The number of rotatable bonds is 1. The third-order valence-electron chi connectivity index (χ3n) is 5.21. The van der Waals surface area contributed by atoms with Gasteiger partial charge in [0.1, 0.15) is 0 Å². The SMILES string of the molecule is Cc1ccc2c3c(n(-c4ccccc4)c2c1)-c1c(C)cccc1C3. The number of fused-ring (bicyclic) bond motifs is 5. The largest absolute Gasteiger partial charge is 0.309 e. The van der Waals surface area contributed by atoms with Crippen LogP contribution in [0.25, 0.3) is 27.8 Å². The number of hydrogen-bond donors (Lipinski definition) is 0. The van der Waals surface area contributed by atoms with Gasteiger partial charge in [0, 0.05) is 23.1 Å². The van der Waals surface area contributed by atoms with Crippen LogP contribution in [0.5, 0.6) is 0 Å². The second-order valence-corrected chi connectivity index (χ2v) is 6.80. The Morgan fingerprint density at radius 1 is 0.833 bits per heavy atom. The first kappa shape index (κ1) is 13.6. The van der Waals surface area contributed by atoms with Gasteiger partial charge in [0.15, 0.2) is 0 Å². The molecule has 0 N–H and O–H groups in total. The zero-order valence-corrected chi connectivity index (χ0v) is 14.0. The van der Waals surface area contributed by atoms with Gasteiger partial charge in [0.05, 0.1) is 11.2 Å². The normalized spacial score (nSPS) is 12.4. The van der Waals surface area contributed by atoms with Crippen LogP contribution in [0, 0.1) is 13.8 Å². The molecule has 24 heavy (non-hydrogen) atoms. The Kier molecular flexibility index (Phi) is 2.75. The molecule has 4 aromatic rings. The van der Waals surface area contributed by atoms with E-state index < -0.39 is 0 Å². The van der Waals surface area contributed by atoms with Crippen LogP contribution in [0.15, 0.2) is 66.7 Å². The molecule has 0 saturated carbocycles. The molecule has 5 rings (SSSR count).